The summed E-state index contributed by atoms with van der Waals surface area (Å²) in [7, 11) is 0. The molecule has 1 amide bonds. The molecule has 1 fully saturated rings. The van der Waals surface area contributed by atoms with Crippen molar-refractivity contribution in [3.8, 4) is 0 Å². The normalized spacial score (nSPS) is 22.1. The minimum atomic E-state index is -0.419. The van der Waals surface area contributed by atoms with E-state index in [-0.39, 0.29) is 30.0 Å². The third kappa shape index (κ3) is 3.95. The Hall–Kier alpha value is -1.13. The fourth-order valence-corrected chi connectivity index (χ4v) is 3.24. The highest BCUT2D eigenvalue weighted by Crippen LogP contribution is 2.24. The highest BCUT2D eigenvalue weighted by molar-refractivity contribution is 6.31. The molecular formula is C16H22ClFN2O. The summed E-state index contributed by atoms with van der Waals surface area (Å²) in [5, 5.41) is 0.310. The number of benzene rings is 1. The van der Waals surface area contributed by atoms with Crippen LogP contribution in [0, 0.1) is 5.82 Å². The number of hydrogen-bond donors (Lipinski definition) is 1. The van der Waals surface area contributed by atoms with E-state index in [0.29, 0.717) is 11.6 Å². The molecule has 116 valence electrons. The summed E-state index contributed by atoms with van der Waals surface area (Å²) < 4.78 is 13.8. The van der Waals surface area contributed by atoms with E-state index in [2.05, 4.69) is 0 Å². The highest BCUT2D eigenvalue weighted by atomic mass is 35.5. The van der Waals surface area contributed by atoms with Crippen LogP contribution in [0.25, 0.3) is 0 Å². The van der Waals surface area contributed by atoms with Gasteiger partial charge in [-0.1, -0.05) is 17.7 Å². The van der Waals surface area contributed by atoms with E-state index >= 15 is 0 Å². The number of rotatable bonds is 4. The number of nitrogens with two attached hydrogens (primary N) is 1. The fourth-order valence-electron chi connectivity index (χ4n) is 3.01. The molecule has 0 aromatic heterocycles. The molecule has 0 heterocycles. The van der Waals surface area contributed by atoms with Crippen LogP contribution in [-0.2, 0) is 11.2 Å². The van der Waals surface area contributed by atoms with E-state index in [1.54, 1.807) is 12.1 Å². The van der Waals surface area contributed by atoms with Crippen LogP contribution in [0.4, 0.5) is 4.39 Å². The minimum Gasteiger partial charge on any atom is -0.340 e. The molecule has 0 atom stereocenters. The van der Waals surface area contributed by atoms with Gasteiger partial charge in [0.05, 0.1) is 6.42 Å². The quantitative estimate of drug-likeness (QED) is 0.928. The van der Waals surface area contributed by atoms with Gasteiger partial charge in [0.1, 0.15) is 5.82 Å². The predicted molar refractivity (Wildman–Crippen MR) is 82.7 cm³/mol. The topological polar surface area (TPSA) is 46.3 Å². The molecule has 0 bridgehead atoms. The van der Waals surface area contributed by atoms with Gasteiger partial charge in [-0.15, -0.1) is 0 Å². The average Bonchev–Trinajstić information content (AvgIpc) is 2.46. The lowest BCUT2D eigenvalue weighted by atomic mass is 9.90. The Morgan fingerprint density at radius 2 is 2.05 bits per heavy atom. The van der Waals surface area contributed by atoms with Crippen molar-refractivity contribution in [2.75, 3.05) is 6.54 Å². The molecular weight excluding hydrogens is 291 g/mol. The van der Waals surface area contributed by atoms with E-state index in [0.717, 1.165) is 25.7 Å². The summed E-state index contributed by atoms with van der Waals surface area (Å²) in [6.45, 7) is 2.58. The molecule has 1 aliphatic rings. The van der Waals surface area contributed by atoms with Crippen molar-refractivity contribution in [2.24, 2.45) is 5.73 Å². The van der Waals surface area contributed by atoms with Crippen LogP contribution < -0.4 is 5.73 Å². The van der Waals surface area contributed by atoms with Crippen molar-refractivity contribution in [3.63, 3.8) is 0 Å². The maximum Gasteiger partial charge on any atom is 0.227 e. The van der Waals surface area contributed by atoms with Crippen molar-refractivity contribution in [1.82, 2.24) is 4.90 Å². The zero-order chi connectivity index (χ0) is 15.4. The van der Waals surface area contributed by atoms with Gasteiger partial charge in [0, 0.05) is 29.2 Å². The summed E-state index contributed by atoms with van der Waals surface area (Å²) in [6.07, 6.45) is 3.74. The number of carbonyl (C=O) groups excluding carboxylic acids is 1. The average molecular weight is 313 g/mol. The Kier molecular flexibility index (Phi) is 5.59. The lowest BCUT2D eigenvalue weighted by Crippen LogP contribution is -2.44. The van der Waals surface area contributed by atoms with E-state index < -0.39 is 5.82 Å². The molecule has 5 heteroatoms. The van der Waals surface area contributed by atoms with Gasteiger partial charge in [0.15, 0.2) is 0 Å². The first-order valence-corrected chi connectivity index (χ1v) is 7.88. The second-order valence-electron chi connectivity index (χ2n) is 5.63. The molecule has 0 saturated heterocycles. The smallest absolute Gasteiger partial charge is 0.227 e. The van der Waals surface area contributed by atoms with Crippen molar-refractivity contribution in [1.29, 1.82) is 0 Å². The van der Waals surface area contributed by atoms with E-state index in [9.17, 15) is 9.18 Å². The number of nitrogens with zero attached hydrogens (tertiary/aromatic N) is 1. The summed E-state index contributed by atoms with van der Waals surface area (Å²) in [6, 6.07) is 4.96. The molecule has 1 aliphatic carbocycles. The summed E-state index contributed by atoms with van der Waals surface area (Å²) in [5.74, 6) is -0.484. The Morgan fingerprint density at radius 3 is 2.62 bits per heavy atom. The zero-order valence-electron chi connectivity index (χ0n) is 12.3. The second kappa shape index (κ2) is 7.23. The predicted octanol–water partition coefficient (Wildman–Crippen LogP) is 3.14. The van der Waals surface area contributed by atoms with E-state index in [4.69, 9.17) is 17.3 Å². The van der Waals surface area contributed by atoms with Gasteiger partial charge in [-0.25, -0.2) is 4.39 Å². The molecule has 2 N–H and O–H groups in total. The summed E-state index contributed by atoms with van der Waals surface area (Å²) in [5.41, 5.74) is 6.19. The van der Waals surface area contributed by atoms with Gasteiger partial charge >= 0.3 is 0 Å². The van der Waals surface area contributed by atoms with Gasteiger partial charge in [-0.05, 0) is 44.7 Å². The van der Waals surface area contributed by atoms with Gasteiger partial charge in [-0.2, -0.15) is 0 Å². The number of hydrogen-bond acceptors (Lipinski definition) is 2. The van der Waals surface area contributed by atoms with Crippen LogP contribution in [-0.4, -0.2) is 29.4 Å². The third-order valence-electron chi connectivity index (χ3n) is 4.23. The highest BCUT2D eigenvalue weighted by Gasteiger charge is 2.27. The molecule has 1 saturated carbocycles. The molecule has 2 rings (SSSR count). The van der Waals surface area contributed by atoms with Crippen LogP contribution in [0.5, 0.6) is 0 Å². The van der Waals surface area contributed by atoms with Crippen LogP contribution >= 0.6 is 11.6 Å². The Balaban J connectivity index is 2.07. The number of carbonyl (C=O) groups is 1. The third-order valence-corrected chi connectivity index (χ3v) is 4.59. The molecule has 0 unspecified atom stereocenters. The number of amides is 1. The van der Waals surface area contributed by atoms with Gasteiger partial charge < -0.3 is 10.6 Å². The zero-order valence-corrected chi connectivity index (χ0v) is 13.1. The van der Waals surface area contributed by atoms with E-state index in [1.807, 2.05) is 11.8 Å². The monoisotopic (exact) mass is 312 g/mol. The Morgan fingerprint density at radius 1 is 1.38 bits per heavy atom. The van der Waals surface area contributed by atoms with Crippen LogP contribution in [0.3, 0.4) is 0 Å². The van der Waals surface area contributed by atoms with Crippen molar-refractivity contribution in [3.05, 3.63) is 34.6 Å². The van der Waals surface area contributed by atoms with Crippen molar-refractivity contribution >= 4 is 17.5 Å². The molecule has 3 nitrogen and oxygen atoms in total. The second-order valence-corrected chi connectivity index (χ2v) is 6.03. The first kappa shape index (κ1) is 16.2. The molecule has 0 aliphatic heterocycles. The van der Waals surface area contributed by atoms with Gasteiger partial charge in [-0.3, -0.25) is 4.79 Å². The minimum absolute atomic E-state index is 0.0158. The maximum absolute atomic E-state index is 13.8. The maximum atomic E-state index is 13.8. The van der Waals surface area contributed by atoms with Crippen molar-refractivity contribution < 1.29 is 9.18 Å². The Bertz CT molecular complexity index is 481. The molecule has 0 spiro atoms. The molecule has 1 aromatic rings. The van der Waals surface area contributed by atoms with Gasteiger partial charge in [0.2, 0.25) is 5.91 Å². The summed E-state index contributed by atoms with van der Waals surface area (Å²) in [4.78, 5) is 14.3. The number of halogens is 2. The van der Waals surface area contributed by atoms with Crippen LogP contribution in [0.2, 0.25) is 5.02 Å². The standard InChI is InChI=1S/C16H22ClFN2O/c1-2-20(12-8-6-11(19)7-9-12)16(21)10-13-14(17)4-3-5-15(13)18/h3-5,11-12H,2,6-10,19H2,1H3. The molecule has 21 heavy (non-hydrogen) atoms. The molecule has 1 aromatic carbocycles. The fraction of sp³-hybridized carbons (Fsp3) is 0.562. The first-order valence-electron chi connectivity index (χ1n) is 7.50. The summed E-state index contributed by atoms with van der Waals surface area (Å²) >= 11 is 6.00. The lowest BCUT2D eigenvalue weighted by molar-refractivity contribution is -0.133. The van der Waals surface area contributed by atoms with Crippen LogP contribution in [0.1, 0.15) is 38.2 Å². The Labute approximate surface area is 130 Å². The lowest BCUT2D eigenvalue weighted by Gasteiger charge is -2.35. The SMILES string of the molecule is CCN(C(=O)Cc1c(F)cccc1Cl)C1CCC(N)CC1. The van der Waals surface area contributed by atoms with E-state index in [1.165, 1.54) is 6.07 Å². The van der Waals surface area contributed by atoms with Crippen LogP contribution in [0.15, 0.2) is 18.2 Å². The largest absolute Gasteiger partial charge is 0.340 e. The van der Waals surface area contributed by atoms with Gasteiger partial charge in [0.25, 0.3) is 0 Å². The first-order chi connectivity index (χ1) is 10.0. The van der Waals surface area contributed by atoms with Crippen molar-refractivity contribution in [2.45, 2.75) is 51.1 Å². The number of likely N-dealkylation sites (N-methyl/N-ethyl adjacent to an activating group) is 1. The molecule has 0 radical (unpaired) electrons.